The normalized spacial score (nSPS) is 11.8. The molecule has 0 spiro atoms. The second-order valence-electron chi connectivity index (χ2n) is 3.89. The molecule has 1 atom stereocenters. The summed E-state index contributed by atoms with van der Waals surface area (Å²) in [5.41, 5.74) is 1.05. The van der Waals surface area contributed by atoms with Crippen molar-refractivity contribution < 1.29 is 0 Å². The highest BCUT2D eigenvalue weighted by molar-refractivity contribution is 5.25. The first-order chi connectivity index (χ1) is 8.31. The Bertz CT molecular complexity index is 400. The molecular formula is C14H17N3. The summed E-state index contributed by atoms with van der Waals surface area (Å²) in [4.78, 5) is 2.14. The summed E-state index contributed by atoms with van der Waals surface area (Å²) in [5, 5.41) is 17.8. The number of hydrogen-bond donors (Lipinski definition) is 0. The van der Waals surface area contributed by atoms with Gasteiger partial charge in [-0.15, -0.1) is 0 Å². The average Bonchev–Trinajstić information content (AvgIpc) is 2.40. The molecule has 3 nitrogen and oxygen atoms in total. The van der Waals surface area contributed by atoms with E-state index in [4.69, 9.17) is 5.26 Å². The van der Waals surface area contributed by atoms with Gasteiger partial charge in [0, 0.05) is 19.5 Å². The molecule has 0 aliphatic carbocycles. The standard InChI is InChI=1S/C14H17N3/c1-2-17(10-6-9-15)12-14(11-16)13-7-4-3-5-8-13/h3-5,7-8,14H,2,6,10,12H2,1H3. The number of rotatable bonds is 6. The first-order valence-electron chi connectivity index (χ1n) is 5.85. The van der Waals surface area contributed by atoms with Crippen LogP contribution < -0.4 is 0 Å². The fraction of sp³-hybridized carbons (Fsp3) is 0.429. The molecule has 3 heteroatoms. The molecule has 0 N–H and O–H groups in total. The van der Waals surface area contributed by atoms with Crippen molar-refractivity contribution in [2.24, 2.45) is 0 Å². The van der Waals surface area contributed by atoms with Crippen molar-refractivity contribution in [3.63, 3.8) is 0 Å². The van der Waals surface area contributed by atoms with Gasteiger partial charge in [0.15, 0.2) is 0 Å². The van der Waals surface area contributed by atoms with Crippen LogP contribution in [0.1, 0.15) is 24.8 Å². The van der Waals surface area contributed by atoms with E-state index < -0.39 is 0 Å². The average molecular weight is 227 g/mol. The zero-order valence-electron chi connectivity index (χ0n) is 10.1. The van der Waals surface area contributed by atoms with Crippen LogP contribution in [0.3, 0.4) is 0 Å². The van der Waals surface area contributed by atoms with E-state index in [1.54, 1.807) is 0 Å². The van der Waals surface area contributed by atoms with Crippen molar-refractivity contribution in [1.82, 2.24) is 4.90 Å². The summed E-state index contributed by atoms with van der Waals surface area (Å²) < 4.78 is 0. The van der Waals surface area contributed by atoms with Gasteiger partial charge in [-0.2, -0.15) is 10.5 Å². The minimum absolute atomic E-state index is 0.116. The van der Waals surface area contributed by atoms with Gasteiger partial charge in [-0.05, 0) is 12.1 Å². The van der Waals surface area contributed by atoms with Gasteiger partial charge in [0.1, 0.15) is 0 Å². The lowest BCUT2D eigenvalue weighted by atomic mass is 10.00. The van der Waals surface area contributed by atoms with Crippen LogP contribution in [-0.2, 0) is 0 Å². The van der Waals surface area contributed by atoms with Crippen LogP contribution in [0, 0.1) is 22.7 Å². The first kappa shape index (κ1) is 13.2. The second kappa shape index (κ2) is 7.44. The summed E-state index contributed by atoms with van der Waals surface area (Å²) >= 11 is 0. The molecule has 0 amide bonds. The quantitative estimate of drug-likeness (QED) is 0.750. The molecule has 0 bridgehead atoms. The Morgan fingerprint density at radius 2 is 1.94 bits per heavy atom. The highest BCUT2D eigenvalue weighted by atomic mass is 15.1. The Labute approximate surface area is 103 Å². The molecule has 1 aromatic rings. The van der Waals surface area contributed by atoms with Crippen LogP contribution in [0.15, 0.2) is 30.3 Å². The molecule has 1 unspecified atom stereocenters. The van der Waals surface area contributed by atoms with Gasteiger partial charge in [-0.1, -0.05) is 37.3 Å². The minimum Gasteiger partial charge on any atom is -0.301 e. The fourth-order valence-electron chi connectivity index (χ4n) is 1.75. The Morgan fingerprint density at radius 1 is 1.24 bits per heavy atom. The predicted molar refractivity (Wildman–Crippen MR) is 67.1 cm³/mol. The molecule has 88 valence electrons. The van der Waals surface area contributed by atoms with Crippen LogP contribution in [0.2, 0.25) is 0 Å². The minimum atomic E-state index is -0.116. The maximum atomic E-state index is 9.21. The molecule has 0 heterocycles. The lowest BCUT2D eigenvalue weighted by molar-refractivity contribution is 0.289. The van der Waals surface area contributed by atoms with E-state index in [1.807, 2.05) is 30.3 Å². The Morgan fingerprint density at radius 3 is 2.47 bits per heavy atom. The zero-order chi connectivity index (χ0) is 12.5. The molecular weight excluding hydrogens is 210 g/mol. The van der Waals surface area contributed by atoms with Crippen molar-refractivity contribution in [2.75, 3.05) is 19.6 Å². The van der Waals surface area contributed by atoms with Crippen LogP contribution >= 0.6 is 0 Å². The SMILES string of the molecule is CCN(CCC#N)CC(C#N)c1ccccc1. The summed E-state index contributed by atoms with van der Waals surface area (Å²) in [6, 6.07) is 14.3. The number of nitrogens with zero attached hydrogens (tertiary/aromatic N) is 3. The maximum Gasteiger partial charge on any atom is 0.0839 e. The van der Waals surface area contributed by atoms with Crippen LogP contribution in [0.25, 0.3) is 0 Å². The Hall–Kier alpha value is -1.84. The summed E-state index contributed by atoms with van der Waals surface area (Å²) in [5.74, 6) is -0.116. The third-order valence-corrected chi connectivity index (χ3v) is 2.79. The number of nitriles is 2. The van der Waals surface area contributed by atoms with E-state index in [2.05, 4.69) is 24.0 Å². The van der Waals surface area contributed by atoms with Gasteiger partial charge in [0.05, 0.1) is 18.1 Å². The van der Waals surface area contributed by atoms with Gasteiger partial charge in [-0.25, -0.2) is 0 Å². The van der Waals surface area contributed by atoms with E-state index in [0.29, 0.717) is 13.0 Å². The highest BCUT2D eigenvalue weighted by Crippen LogP contribution is 2.16. The molecule has 0 aliphatic heterocycles. The third-order valence-electron chi connectivity index (χ3n) is 2.79. The van der Waals surface area contributed by atoms with Crippen molar-refractivity contribution in [3.8, 4) is 12.1 Å². The topological polar surface area (TPSA) is 50.8 Å². The van der Waals surface area contributed by atoms with Gasteiger partial charge >= 0.3 is 0 Å². The number of hydrogen-bond acceptors (Lipinski definition) is 3. The molecule has 1 rings (SSSR count). The largest absolute Gasteiger partial charge is 0.301 e. The summed E-state index contributed by atoms with van der Waals surface area (Å²) in [6.07, 6.45) is 0.515. The molecule has 0 saturated heterocycles. The summed E-state index contributed by atoms with van der Waals surface area (Å²) in [6.45, 7) is 4.35. The van der Waals surface area contributed by atoms with Gasteiger partial charge < -0.3 is 4.90 Å². The Kier molecular flexibility index (Phi) is 5.79. The third kappa shape index (κ3) is 4.26. The number of likely N-dealkylation sites (N-methyl/N-ethyl adjacent to an activating group) is 1. The molecule has 0 radical (unpaired) electrons. The van der Waals surface area contributed by atoms with E-state index in [1.165, 1.54) is 0 Å². The van der Waals surface area contributed by atoms with Crippen LogP contribution in [-0.4, -0.2) is 24.5 Å². The van der Waals surface area contributed by atoms with Crippen molar-refractivity contribution >= 4 is 0 Å². The molecule has 0 aromatic heterocycles. The zero-order valence-corrected chi connectivity index (χ0v) is 10.1. The van der Waals surface area contributed by atoms with Crippen LogP contribution in [0.5, 0.6) is 0 Å². The number of benzene rings is 1. The van der Waals surface area contributed by atoms with E-state index in [0.717, 1.165) is 18.7 Å². The monoisotopic (exact) mass is 227 g/mol. The molecule has 0 fully saturated rings. The lowest BCUT2D eigenvalue weighted by Crippen LogP contribution is -2.29. The molecule has 1 aromatic carbocycles. The molecule has 0 aliphatic rings. The second-order valence-corrected chi connectivity index (χ2v) is 3.89. The van der Waals surface area contributed by atoms with E-state index >= 15 is 0 Å². The van der Waals surface area contributed by atoms with Crippen molar-refractivity contribution in [2.45, 2.75) is 19.3 Å². The molecule has 0 saturated carbocycles. The van der Waals surface area contributed by atoms with Gasteiger partial charge in [0.25, 0.3) is 0 Å². The van der Waals surface area contributed by atoms with Gasteiger partial charge in [0.2, 0.25) is 0 Å². The predicted octanol–water partition coefficient (Wildman–Crippen LogP) is 2.53. The van der Waals surface area contributed by atoms with Crippen molar-refractivity contribution in [3.05, 3.63) is 35.9 Å². The molecule has 17 heavy (non-hydrogen) atoms. The van der Waals surface area contributed by atoms with E-state index in [9.17, 15) is 5.26 Å². The smallest absolute Gasteiger partial charge is 0.0839 e. The van der Waals surface area contributed by atoms with E-state index in [-0.39, 0.29) is 5.92 Å². The summed E-state index contributed by atoms with van der Waals surface area (Å²) in [7, 11) is 0. The lowest BCUT2D eigenvalue weighted by Gasteiger charge is -2.22. The first-order valence-corrected chi connectivity index (χ1v) is 5.85. The maximum absolute atomic E-state index is 9.21. The van der Waals surface area contributed by atoms with Crippen molar-refractivity contribution in [1.29, 1.82) is 10.5 Å². The highest BCUT2D eigenvalue weighted by Gasteiger charge is 2.14. The van der Waals surface area contributed by atoms with Gasteiger partial charge in [-0.3, -0.25) is 0 Å². The van der Waals surface area contributed by atoms with Crippen LogP contribution in [0.4, 0.5) is 0 Å². The fourth-order valence-corrected chi connectivity index (χ4v) is 1.75. The Balaban J connectivity index is 2.64.